The van der Waals surface area contributed by atoms with E-state index in [9.17, 15) is 28.0 Å². The second-order valence-electron chi connectivity index (χ2n) is 14.9. The zero-order valence-electron chi connectivity index (χ0n) is 27.7. The summed E-state index contributed by atoms with van der Waals surface area (Å²) in [4.78, 5) is 51.3. The number of carbonyl (C=O) groups excluding carboxylic acids is 4. The number of thioether (sulfide) groups is 1. The second-order valence-corrected chi connectivity index (χ2v) is 16.1. The molecular formula is C34H47F2N7O5S. The molecule has 0 radical (unpaired) electrons. The van der Waals surface area contributed by atoms with E-state index < -0.39 is 11.6 Å². The van der Waals surface area contributed by atoms with Crippen LogP contribution in [-0.4, -0.2) is 95.8 Å². The first-order chi connectivity index (χ1) is 23.6. The lowest BCUT2D eigenvalue weighted by Gasteiger charge is -2.41. The summed E-state index contributed by atoms with van der Waals surface area (Å²) < 4.78 is 33.0. The molecule has 4 bridgehead atoms. The van der Waals surface area contributed by atoms with Crippen LogP contribution in [0.2, 0.25) is 0 Å². The molecule has 6 amide bonds. The normalized spacial score (nSPS) is 31.8. The van der Waals surface area contributed by atoms with Gasteiger partial charge in [-0.25, -0.2) is 18.4 Å². The maximum Gasteiger partial charge on any atom is 0.315 e. The number of benzene rings is 1. The van der Waals surface area contributed by atoms with Gasteiger partial charge < -0.3 is 41.5 Å². The Bertz CT molecular complexity index is 1440. The first-order valence-electron chi connectivity index (χ1n) is 17.7. The Balaban J connectivity index is 0.746. The molecule has 1 aromatic carbocycles. The van der Waals surface area contributed by atoms with Crippen LogP contribution in [0.25, 0.3) is 0 Å². The molecule has 49 heavy (non-hydrogen) atoms. The average Bonchev–Trinajstić information content (AvgIpc) is 3.83. The fraction of sp³-hybridized carbons (Fsp3) is 0.706. The molecule has 12 nitrogen and oxygen atoms in total. The third-order valence-electron chi connectivity index (χ3n) is 11.5. The Morgan fingerprint density at radius 1 is 1.00 bits per heavy atom. The lowest BCUT2D eigenvalue weighted by Crippen LogP contribution is -2.57. The standard InChI is InChI=1S/C34H47F2N7O5S/c35-24-10-21-16-43(17-22(21)11-25(24)36)29(45)15-39-34-13-20-9-23(34)14-33(12-20,19-34)42-31(46)38-6-8-48-7-5-37-28(44)4-2-1-3-27-30-26(18-49-27)40-32(47)41-30/h10-11,20,23,26-27,30,39H,1-9,12-19H2,(H,37,44)(H2,38,42,46)(H2,40,41,47). The Morgan fingerprint density at radius 2 is 1.76 bits per heavy atom. The van der Waals surface area contributed by atoms with Gasteiger partial charge in [0.25, 0.3) is 0 Å². The van der Waals surface area contributed by atoms with Gasteiger partial charge in [-0.05, 0) is 80.0 Å². The zero-order valence-corrected chi connectivity index (χ0v) is 28.5. The highest BCUT2D eigenvalue weighted by atomic mass is 32.2. The minimum Gasteiger partial charge on any atom is -0.378 e. The number of hydrogen-bond acceptors (Lipinski definition) is 7. The van der Waals surface area contributed by atoms with E-state index in [1.807, 2.05) is 11.8 Å². The third kappa shape index (κ3) is 7.48. The fourth-order valence-electron chi connectivity index (χ4n) is 9.50. The predicted octanol–water partition coefficient (Wildman–Crippen LogP) is 2.26. The third-order valence-corrected chi connectivity index (χ3v) is 13.0. The molecule has 7 aliphatic rings. The molecule has 0 aromatic heterocycles. The summed E-state index contributed by atoms with van der Waals surface area (Å²) in [6.07, 6.45) is 7.84. The monoisotopic (exact) mass is 703 g/mol. The molecule has 3 heterocycles. The van der Waals surface area contributed by atoms with E-state index in [0.29, 0.717) is 60.9 Å². The Labute approximate surface area is 289 Å². The average molecular weight is 704 g/mol. The van der Waals surface area contributed by atoms with E-state index in [2.05, 4.69) is 31.9 Å². The van der Waals surface area contributed by atoms with Gasteiger partial charge in [0.2, 0.25) is 11.8 Å². The van der Waals surface area contributed by atoms with Gasteiger partial charge in [-0.1, -0.05) is 6.42 Å². The quantitative estimate of drug-likeness (QED) is 0.121. The lowest BCUT2D eigenvalue weighted by atomic mass is 9.74. The van der Waals surface area contributed by atoms with Gasteiger partial charge in [-0.15, -0.1) is 0 Å². The summed E-state index contributed by atoms with van der Waals surface area (Å²) in [5.74, 6) is -0.0726. The van der Waals surface area contributed by atoms with Crippen LogP contribution in [0.5, 0.6) is 0 Å². The molecule has 2 saturated heterocycles. The number of fused-ring (bicyclic) bond motifs is 2. The molecule has 0 spiro atoms. The van der Waals surface area contributed by atoms with Crippen LogP contribution in [-0.2, 0) is 27.4 Å². The first-order valence-corrected chi connectivity index (χ1v) is 18.7. The number of halogens is 2. The topological polar surface area (TPSA) is 153 Å². The van der Waals surface area contributed by atoms with E-state index in [4.69, 9.17) is 4.74 Å². The number of urea groups is 2. The summed E-state index contributed by atoms with van der Waals surface area (Å²) in [5.41, 5.74) is 0.786. The van der Waals surface area contributed by atoms with Crippen molar-refractivity contribution in [2.75, 3.05) is 38.6 Å². The van der Waals surface area contributed by atoms with Gasteiger partial charge in [0, 0.05) is 54.7 Å². The van der Waals surface area contributed by atoms with Crippen LogP contribution in [0.1, 0.15) is 68.9 Å². The van der Waals surface area contributed by atoms with E-state index in [-0.39, 0.29) is 66.7 Å². The number of nitrogens with one attached hydrogen (secondary N) is 6. The molecule has 6 fully saturated rings. The zero-order chi connectivity index (χ0) is 34.2. The van der Waals surface area contributed by atoms with E-state index in [1.165, 1.54) is 12.1 Å². The van der Waals surface area contributed by atoms with Crippen molar-refractivity contribution in [2.45, 2.75) is 99.3 Å². The molecular weight excluding hydrogens is 656 g/mol. The van der Waals surface area contributed by atoms with Gasteiger partial charge in [0.15, 0.2) is 11.6 Å². The Morgan fingerprint density at radius 3 is 2.53 bits per heavy atom. The number of rotatable bonds is 15. The highest BCUT2D eigenvalue weighted by Crippen LogP contribution is 2.62. The molecule has 3 aliphatic heterocycles. The minimum atomic E-state index is -0.893. The van der Waals surface area contributed by atoms with Crippen molar-refractivity contribution < 1.29 is 32.7 Å². The molecule has 8 rings (SSSR count). The Kier molecular flexibility index (Phi) is 9.95. The molecule has 268 valence electrons. The molecule has 4 saturated carbocycles. The van der Waals surface area contributed by atoms with Crippen molar-refractivity contribution in [3.05, 3.63) is 34.9 Å². The summed E-state index contributed by atoms with van der Waals surface area (Å²) in [5, 5.41) is 19.0. The number of amides is 6. The molecule has 4 aliphatic carbocycles. The molecule has 15 heteroatoms. The summed E-state index contributed by atoms with van der Waals surface area (Å²) in [7, 11) is 0. The highest BCUT2D eigenvalue weighted by Gasteiger charge is 2.64. The Hall–Kier alpha value is -3.17. The lowest BCUT2D eigenvalue weighted by molar-refractivity contribution is -0.131. The van der Waals surface area contributed by atoms with Gasteiger partial charge in [0.1, 0.15) is 0 Å². The number of unbranched alkanes of at least 4 members (excludes halogenated alkanes) is 1. The molecule has 1 aromatic rings. The number of hydrogen-bond donors (Lipinski definition) is 6. The van der Waals surface area contributed by atoms with Crippen molar-refractivity contribution in [2.24, 2.45) is 11.8 Å². The van der Waals surface area contributed by atoms with Crippen molar-refractivity contribution in [3.8, 4) is 0 Å². The van der Waals surface area contributed by atoms with Crippen LogP contribution in [0.3, 0.4) is 0 Å². The molecule has 6 N–H and O–H groups in total. The van der Waals surface area contributed by atoms with Crippen molar-refractivity contribution >= 4 is 35.6 Å². The van der Waals surface area contributed by atoms with Crippen LogP contribution in [0.4, 0.5) is 18.4 Å². The largest absolute Gasteiger partial charge is 0.378 e. The van der Waals surface area contributed by atoms with Crippen LogP contribution in [0.15, 0.2) is 12.1 Å². The maximum absolute atomic E-state index is 13.7. The summed E-state index contributed by atoms with van der Waals surface area (Å²) in [6, 6.07) is 2.48. The van der Waals surface area contributed by atoms with Crippen molar-refractivity contribution in [3.63, 3.8) is 0 Å². The van der Waals surface area contributed by atoms with E-state index in [1.54, 1.807) is 4.90 Å². The van der Waals surface area contributed by atoms with Crippen molar-refractivity contribution in [1.29, 1.82) is 0 Å². The molecule has 7 unspecified atom stereocenters. The summed E-state index contributed by atoms with van der Waals surface area (Å²) >= 11 is 1.88. The van der Waals surface area contributed by atoms with Gasteiger partial charge in [-0.3, -0.25) is 9.59 Å². The summed E-state index contributed by atoms with van der Waals surface area (Å²) in [6.45, 7) is 2.17. The van der Waals surface area contributed by atoms with E-state index >= 15 is 0 Å². The van der Waals surface area contributed by atoms with Gasteiger partial charge >= 0.3 is 12.1 Å². The first kappa shape index (κ1) is 34.3. The van der Waals surface area contributed by atoms with E-state index in [0.717, 1.165) is 57.1 Å². The van der Waals surface area contributed by atoms with Gasteiger partial charge in [0.05, 0.1) is 31.8 Å². The smallest absolute Gasteiger partial charge is 0.315 e. The van der Waals surface area contributed by atoms with Crippen LogP contribution >= 0.6 is 11.8 Å². The number of nitrogens with zero attached hydrogens (tertiary/aromatic N) is 1. The molecule has 7 atom stereocenters. The minimum absolute atomic E-state index is 0.000144. The van der Waals surface area contributed by atoms with Crippen LogP contribution < -0.4 is 31.9 Å². The predicted molar refractivity (Wildman–Crippen MR) is 178 cm³/mol. The fourth-order valence-corrected chi connectivity index (χ4v) is 11.0. The SMILES string of the molecule is O=C(CCCCC1SCC2NC(=O)NC21)NCCOCCNC(=O)NC12CC3CC(C1)C(NCC(=O)N1Cc4cc(F)c(F)cc4C1)(C3)C2. The van der Waals surface area contributed by atoms with Crippen molar-refractivity contribution in [1.82, 2.24) is 36.8 Å². The van der Waals surface area contributed by atoms with Crippen LogP contribution in [0, 0.1) is 23.5 Å². The maximum atomic E-state index is 13.7. The number of ether oxygens (including phenoxy) is 1. The highest BCUT2D eigenvalue weighted by molar-refractivity contribution is 8.00. The second kappa shape index (κ2) is 14.2. The van der Waals surface area contributed by atoms with Gasteiger partial charge in [-0.2, -0.15) is 11.8 Å². The number of carbonyl (C=O) groups is 4.